The Morgan fingerprint density at radius 2 is 2.10 bits per heavy atom. The van der Waals surface area contributed by atoms with Gasteiger partial charge in [0.15, 0.2) is 12.2 Å². The fourth-order valence-electron chi connectivity index (χ4n) is 3.71. The molecule has 0 saturated carbocycles. The Morgan fingerprint density at radius 1 is 1.32 bits per heavy atom. The van der Waals surface area contributed by atoms with E-state index >= 15 is 0 Å². The molecule has 3 aromatic rings. The fourth-order valence-corrected chi connectivity index (χ4v) is 3.71. The molecule has 0 aliphatic carbocycles. The Morgan fingerprint density at radius 3 is 2.74 bits per heavy atom. The van der Waals surface area contributed by atoms with E-state index in [2.05, 4.69) is 20.3 Å². The van der Waals surface area contributed by atoms with Gasteiger partial charge in [-0.3, -0.25) is 4.79 Å². The molecule has 1 aromatic carbocycles. The van der Waals surface area contributed by atoms with Crippen molar-refractivity contribution in [3.8, 4) is 11.5 Å². The summed E-state index contributed by atoms with van der Waals surface area (Å²) in [5, 5.41) is 13.6. The van der Waals surface area contributed by atoms with Gasteiger partial charge in [0.05, 0.1) is 49.2 Å². The maximum absolute atomic E-state index is 12.9. The summed E-state index contributed by atoms with van der Waals surface area (Å²) in [4.78, 5) is 25.9. The third-order valence-electron chi connectivity index (χ3n) is 5.11. The van der Waals surface area contributed by atoms with Gasteiger partial charge in [0, 0.05) is 0 Å². The van der Waals surface area contributed by atoms with E-state index in [1.165, 1.54) is 6.39 Å². The van der Waals surface area contributed by atoms with Gasteiger partial charge in [-0.25, -0.2) is 15.0 Å². The summed E-state index contributed by atoms with van der Waals surface area (Å²) in [5.41, 5.74) is 2.45. The standard InChI is InChI=1S/C23H24N4O4/c1-23(2,29)21(14-7-5-4-6-8-14)27-18(28)10-16-9-15-11-25-22(30-3)19(15)20(26-16)17-12-24-13-31-17/h4-9,12-13,21,29H,10-11H2,1-3H3,(H,27,28)/t21-/m0/s1. The van der Waals surface area contributed by atoms with E-state index in [0.717, 1.165) is 16.7 Å². The van der Waals surface area contributed by atoms with Crippen molar-refractivity contribution >= 4 is 11.8 Å². The highest BCUT2D eigenvalue weighted by atomic mass is 16.5. The van der Waals surface area contributed by atoms with Gasteiger partial charge in [-0.15, -0.1) is 0 Å². The lowest BCUT2D eigenvalue weighted by Gasteiger charge is -2.30. The first-order chi connectivity index (χ1) is 14.9. The lowest BCUT2D eigenvalue weighted by Crippen LogP contribution is -2.42. The minimum atomic E-state index is -1.14. The highest BCUT2D eigenvalue weighted by Gasteiger charge is 2.30. The number of aromatic nitrogens is 2. The number of benzene rings is 1. The van der Waals surface area contributed by atoms with E-state index in [1.807, 2.05) is 36.4 Å². The minimum absolute atomic E-state index is 0.0378. The Hall–Kier alpha value is -3.52. The van der Waals surface area contributed by atoms with Gasteiger partial charge in [-0.2, -0.15) is 0 Å². The predicted octanol–water partition coefficient (Wildman–Crippen LogP) is 2.81. The van der Waals surface area contributed by atoms with E-state index in [4.69, 9.17) is 9.15 Å². The maximum atomic E-state index is 12.9. The van der Waals surface area contributed by atoms with Gasteiger partial charge < -0.3 is 19.6 Å². The Balaban J connectivity index is 1.61. The van der Waals surface area contributed by atoms with Crippen molar-refractivity contribution in [3.05, 3.63) is 71.4 Å². The number of amides is 1. The molecule has 1 atom stereocenters. The number of aliphatic hydroxyl groups is 1. The number of aliphatic imine (C=N–C) groups is 1. The third kappa shape index (κ3) is 4.34. The SMILES string of the molecule is COC1=NCc2cc(CC(=O)N[C@@H](c3ccccc3)C(C)(C)O)nc(-c3cnco3)c21. The van der Waals surface area contributed by atoms with E-state index in [9.17, 15) is 9.90 Å². The van der Waals surface area contributed by atoms with Gasteiger partial charge in [-0.05, 0) is 31.0 Å². The summed E-state index contributed by atoms with van der Waals surface area (Å²) in [5.74, 6) is 0.706. The predicted molar refractivity (Wildman–Crippen MR) is 114 cm³/mol. The van der Waals surface area contributed by atoms with Gasteiger partial charge in [-0.1, -0.05) is 30.3 Å². The van der Waals surface area contributed by atoms with Crippen molar-refractivity contribution in [2.75, 3.05) is 7.11 Å². The molecule has 0 bridgehead atoms. The molecule has 4 rings (SSSR count). The van der Waals surface area contributed by atoms with Crippen molar-refractivity contribution in [3.63, 3.8) is 0 Å². The van der Waals surface area contributed by atoms with Crippen LogP contribution in [0.2, 0.25) is 0 Å². The van der Waals surface area contributed by atoms with E-state index in [-0.39, 0.29) is 12.3 Å². The number of pyridine rings is 1. The zero-order valence-electron chi connectivity index (χ0n) is 17.6. The number of carbonyl (C=O) groups excluding carboxylic acids is 1. The summed E-state index contributed by atoms with van der Waals surface area (Å²) < 4.78 is 10.8. The number of oxazole rings is 1. The number of hydrogen-bond acceptors (Lipinski definition) is 7. The molecule has 0 radical (unpaired) electrons. The van der Waals surface area contributed by atoms with E-state index < -0.39 is 11.6 Å². The van der Waals surface area contributed by atoms with Crippen LogP contribution in [0, 0.1) is 0 Å². The summed E-state index contributed by atoms with van der Waals surface area (Å²) >= 11 is 0. The average Bonchev–Trinajstić information content (AvgIpc) is 3.41. The molecule has 8 nitrogen and oxygen atoms in total. The number of methoxy groups -OCH3 is 1. The Labute approximate surface area is 180 Å². The first-order valence-corrected chi connectivity index (χ1v) is 9.94. The van der Waals surface area contributed by atoms with Crippen LogP contribution in [-0.4, -0.2) is 39.6 Å². The third-order valence-corrected chi connectivity index (χ3v) is 5.11. The van der Waals surface area contributed by atoms with Gasteiger partial charge >= 0.3 is 0 Å². The summed E-state index contributed by atoms with van der Waals surface area (Å²) in [7, 11) is 1.56. The van der Waals surface area contributed by atoms with Crippen LogP contribution in [0.25, 0.3) is 11.5 Å². The molecule has 0 spiro atoms. The van der Waals surface area contributed by atoms with E-state index in [1.54, 1.807) is 27.2 Å². The Bertz CT molecular complexity index is 1100. The molecule has 2 aromatic heterocycles. The molecule has 1 aliphatic rings. The summed E-state index contributed by atoms with van der Waals surface area (Å²) in [6.45, 7) is 3.78. The molecule has 2 N–H and O–H groups in total. The normalized spacial score (nSPS) is 14.0. The van der Waals surface area contributed by atoms with Crippen molar-refractivity contribution in [1.82, 2.24) is 15.3 Å². The second-order valence-electron chi connectivity index (χ2n) is 7.93. The molecule has 160 valence electrons. The zero-order chi connectivity index (χ0) is 22.0. The number of nitrogens with zero attached hydrogens (tertiary/aromatic N) is 3. The van der Waals surface area contributed by atoms with Crippen molar-refractivity contribution in [1.29, 1.82) is 0 Å². The summed E-state index contributed by atoms with van der Waals surface area (Å²) in [6, 6.07) is 10.7. The molecule has 31 heavy (non-hydrogen) atoms. The van der Waals surface area contributed by atoms with Crippen LogP contribution in [0.15, 0.2) is 58.4 Å². The molecule has 1 aliphatic heterocycles. The smallest absolute Gasteiger partial charge is 0.226 e. The fraction of sp³-hybridized carbons (Fsp3) is 0.304. The second kappa shape index (κ2) is 8.31. The first kappa shape index (κ1) is 20.7. The molecule has 1 amide bonds. The molecule has 0 fully saturated rings. The zero-order valence-corrected chi connectivity index (χ0v) is 17.6. The largest absolute Gasteiger partial charge is 0.481 e. The number of rotatable bonds is 6. The van der Waals surface area contributed by atoms with Crippen LogP contribution in [-0.2, 0) is 22.5 Å². The van der Waals surface area contributed by atoms with E-state index in [0.29, 0.717) is 29.6 Å². The van der Waals surface area contributed by atoms with Crippen molar-refractivity contribution < 1.29 is 19.1 Å². The van der Waals surface area contributed by atoms with Crippen LogP contribution in [0.5, 0.6) is 0 Å². The van der Waals surface area contributed by atoms with Gasteiger partial charge in [0.25, 0.3) is 0 Å². The Kier molecular flexibility index (Phi) is 5.56. The summed E-state index contributed by atoms with van der Waals surface area (Å²) in [6.07, 6.45) is 2.93. The van der Waals surface area contributed by atoms with Crippen LogP contribution < -0.4 is 5.32 Å². The molecule has 0 unspecified atom stereocenters. The molecule has 3 heterocycles. The maximum Gasteiger partial charge on any atom is 0.226 e. The van der Waals surface area contributed by atoms with Crippen LogP contribution in [0.1, 0.15) is 42.3 Å². The first-order valence-electron chi connectivity index (χ1n) is 9.94. The highest BCUT2D eigenvalue weighted by Crippen LogP contribution is 2.31. The average molecular weight is 420 g/mol. The van der Waals surface area contributed by atoms with Crippen molar-refractivity contribution in [2.45, 2.75) is 38.5 Å². The number of fused-ring (bicyclic) bond motifs is 1. The van der Waals surface area contributed by atoms with Crippen LogP contribution in [0.4, 0.5) is 0 Å². The topological polar surface area (TPSA) is 110 Å². The molecular formula is C23H24N4O4. The van der Waals surface area contributed by atoms with Crippen LogP contribution in [0.3, 0.4) is 0 Å². The quantitative estimate of drug-likeness (QED) is 0.635. The number of nitrogens with one attached hydrogen (secondary N) is 1. The minimum Gasteiger partial charge on any atom is -0.481 e. The highest BCUT2D eigenvalue weighted by molar-refractivity contribution is 6.02. The lowest BCUT2D eigenvalue weighted by atomic mass is 9.91. The van der Waals surface area contributed by atoms with Gasteiger partial charge in [0.2, 0.25) is 11.8 Å². The second-order valence-corrected chi connectivity index (χ2v) is 7.93. The van der Waals surface area contributed by atoms with Crippen molar-refractivity contribution in [2.24, 2.45) is 4.99 Å². The molecule has 0 saturated heterocycles. The monoisotopic (exact) mass is 420 g/mol. The van der Waals surface area contributed by atoms with Crippen LogP contribution >= 0.6 is 0 Å². The van der Waals surface area contributed by atoms with Gasteiger partial charge in [0.1, 0.15) is 5.69 Å². The number of ether oxygens (including phenoxy) is 1. The lowest BCUT2D eigenvalue weighted by molar-refractivity contribution is -0.123. The molecule has 8 heteroatoms. The molecular weight excluding hydrogens is 396 g/mol. The number of carbonyl (C=O) groups is 1. The number of hydrogen-bond donors (Lipinski definition) is 2.